The molecule has 3 nitrogen and oxygen atoms in total. The number of hydrogen-bond acceptors (Lipinski definition) is 3. The van der Waals surface area contributed by atoms with Gasteiger partial charge in [0.05, 0.1) is 11.9 Å². The molecule has 0 aliphatic carbocycles. The second-order valence-corrected chi connectivity index (χ2v) is 3.66. The summed E-state index contributed by atoms with van der Waals surface area (Å²) in [4.78, 5) is 6.51. The number of aryl methyl sites for hydroxylation is 1. The van der Waals surface area contributed by atoms with Gasteiger partial charge in [-0.1, -0.05) is 0 Å². The van der Waals surface area contributed by atoms with E-state index in [4.69, 9.17) is 5.73 Å². The minimum Gasteiger partial charge on any atom is -0.325 e. The van der Waals surface area contributed by atoms with Gasteiger partial charge in [-0.2, -0.15) is 0 Å². The van der Waals surface area contributed by atoms with Crippen LogP contribution in [0.15, 0.2) is 12.4 Å². The summed E-state index contributed by atoms with van der Waals surface area (Å²) < 4.78 is 2.04. The average Bonchev–Trinajstić information content (AvgIpc) is 2.45. The van der Waals surface area contributed by atoms with Crippen LogP contribution in [0.25, 0.3) is 4.96 Å². The molecule has 2 aromatic rings. The first-order valence-corrected chi connectivity index (χ1v) is 4.25. The van der Waals surface area contributed by atoms with Crippen LogP contribution in [-0.2, 0) is 6.54 Å². The highest BCUT2D eigenvalue weighted by Gasteiger charge is 2.02. The Morgan fingerprint density at radius 1 is 1.73 bits per heavy atom. The van der Waals surface area contributed by atoms with Crippen molar-refractivity contribution in [3.8, 4) is 0 Å². The van der Waals surface area contributed by atoms with Crippen LogP contribution < -0.4 is 5.73 Å². The Bertz CT molecular complexity index is 374. The maximum Gasteiger partial charge on any atom is 0.194 e. The molecular formula is C7H9N3S. The SMILES string of the molecule is Cc1cn2c(CN)cnc2s1. The second-order valence-electron chi connectivity index (χ2n) is 2.45. The van der Waals surface area contributed by atoms with Gasteiger partial charge in [0, 0.05) is 17.6 Å². The largest absolute Gasteiger partial charge is 0.325 e. The lowest BCUT2D eigenvalue weighted by Crippen LogP contribution is -1.98. The fourth-order valence-electron chi connectivity index (χ4n) is 1.09. The van der Waals surface area contributed by atoms with E-state index in [-0.39, 0.29) is 0 Å². The molecule has 2 aromatic heterocycles. The Morgan fingerprint density at radius 2 is 2.55 bits per heavy atom. The number of rotatable bonds is 1. The Kier molecular flexibility index (Phi) is 1.44. The van der Waals surface area contributed by atoms with Crippen LogP contribution >= 0.6 is 11.3 Å². The van der Waals surface area contributed by atoms with Gasteiger partial charge in [0.1, 0.15) is 0 Å². The van der Waals surface area contributed by atoms with Crippen LogP contribution in [0.5, 0.6) is 0 Å². The van der Waals surface area contributed by atoms with Gasteiger partial charge in [-0.25, -0.2) is 4.98 Å². The monoisotopic (exact) mass is 167 g/mol. The van der Waals surface area contributed by atoms with Crippen LogP contribution in [0.3, 0.4) is 0 Å². The Hall–Kier alpha value is -0.870. The zero-order valence-corrected chi connectivity index (χ0v) is 7.06. The Balaban J connectivity index is 2.73. The minimum atomic E-state index is 0.553. The highest BCUT2D eigenvalue weighted by molar-refractivity contribution is 7.16. The maximum atomic E-state index is 5.51. The molecule has 0 aromatic carbocycles. The molecule has 2 rings (SSSR count). The molecule has 2 N–H and O–H groups in total. The number of imidazole rings is 1. The van der Waals surface area contributed by atoms with E-state index < -0.39 is 0 Å². The molecule has 0 bridgehead atoms. The van der Waals surface area contributed by atoms with E-state index in [1.54, 1.807) is 11.3 Å². The number of thiazole rings is 1. The molecule has 0 aliphatic heterocycles. The first-order chi connectivity index (χ1) is 5.31. The van der Waals surface area contributed by atoms with Crippen molar-refractivity contribution in [2.45, 2.75) is 13.5 Å². The topological polar surface area (TPSA) is 43.3 Å². The molecule has 0 radical (unpaired) electrons. The van der Waals surface area contributed by atoms with Crippen molar-refractivity contribution in [2.24, 2.45) is 5.73 Å². The van der Waals surface area contributed by atoms with Crippen molar-refractivity contribution in [1.82, 2.24) is 9.38 Å². The molecule has 0 unspecified atom stereocenters. The maximum absolute atomic E-state index is 5.51. The number of nitrogens with zero attached hydrogens (tertiary/aromatic N) is 2. The van der Waals surface area contributed by atoms with E-state index in [9.17, 15) is 0 Å². The van der Waals surface area contributed by atoms with E-state index in [2.05, 4.69) is 18.1 Å². The summed E-state index contributed by atoms with van der Waals surface area (Å²) in [6.07, 6.45) is 3.89. The molecule has 58 valence electrons. The van der Waals surface area contributed by atoms with Crippen molar-refractivity contribution in [2.75, 3.05) is 0 Å². The molecule has 2 heterocycles. The summed E-state index contributed by atoms with van der Waals surface area (Å²) in [6, 6.07) is 0. The first kappa shape index (κ1) is 6.82. The van der Waals surface area contributed by atoms with Gasteiger partial charge in [0.15, 0.2) is 4.96 Å². The molecule has 11 heavy (non-hydrogen) atoms. The van der Waals surface area contributed by atoms with Crippen LogP contribution in [0.2, 0.25) is 0 Å². The fraction of sp³-hybridized carbons (Fsp3) is 0.286. The Labute approximate surface area is 68.5 Å². The van der Waals surface area contributed by atoms with Crippen molar-refractivity contribution in [1.29, 1.82) is 0 Å². The number of fused-ring (bicyclic) bond motifs is 1. The van der Waals surface area contributed by atoms with Gasteiger partial charge in [0.2, 0.25) is 0 Å². The van der Waals surface area contributed by atoms with E-state index in [0.29, 0.717) is 6.54 Å². The predicted octanol–water partition coefficient (Wildman–Crippen LogP) is 1.16. The van der Waals surface area contributed by atoms with Crippen LogP contribution in [0.4, 0.5) is 0 Å². The first-order valence-electron chi connectivity index (χ1n) is 3.43. The van der Waals surface area contributed by atoms with Gasteiger partial charge in [-0.05, 0) is 6.92 Å². The zero-order chi connectivity index (χ0) is 7.84. The van der Waals surface area contributed by atoms with E-state index in [1.807, 2.05) is 10.6 Å². The molecular weight excluding hydrogens is 158 g/mol. The third-order valence-corrected chi connectivity index (χ3v) is 2.52. The van der Waals surface area contributed by atoms with Crippen LogP contribution in [-0.4, -0.2) is 9.38 Å². The lowest BCUT2D eigenvalue weighted by Gasteiger charge is -1.89. The van der Waals surface area contributed by atoms with Crippen LogP contribution in [0, 0.1) is 6.92 Å². The summed E-state index contributed by atoms with van der Waals surface area (Å²) in [7, 11) is 0. The highest BCUT2D eigenvalue weighted by Crippen LogP contribution is 2.16. The summed E-state index contributed by atoms with van der Waals surface area (Å²) in [5.41, 5.74) is 6.59. The molecule has 0 fully saturated rings. The lowest BCUT2D eigenvalue weighted by atomic mass is 10.5. The highest BCUT2D eigenvalue weighted by atomic mass is 32.1. The fourth-order valence-corrected chi connectivity index (χ4v) is 1.91. The number of hydrogen-bond donors (Lipinski definition) is 1. The van der Waals surface area contributed by atoms with E-state index >= 15 is 0 Å². The van der Waals surface area contributed by atoms with Gasteiger partial charge in [0.25, 0.3) is 0 Å². The van der Waals surface area contributed by atoms with Gasteiger partial charge >= 0.3 is 0 Å². The summed E-state index contributed by atoms with van der Waals surface area (Å²) in [5.74, 6) is 0. The van der Waals surface area contributed by atoms with E-state index in [1.165, 1.54) is 4.88 Å². The lowest BCUT2D eigenvalue weighted by molar-refractivity contribution is 0.965. The normalized spacial score (nSPS) is 11.1. The molecule has 0 saturated carbocycles. The molecule has 4 heteroatoms. The van der Waals surface area contributed by atoms with Crippen molar-refractivity contribution in [3.05, 3.63) is 23.0 Å². The number of aromatic nitrogens is 2. The third kappa shape index (κ3) is 0.948. The second kappa shape index (κ2) is 2.32. The summed E-state index contributed by atoms with van der Waals surface area (Å²) in [6.45, 7) is 2.62. The third-order valence-electron chi connectivity index (χ3n) is 1.61. The number of nitrogens with two attached hydrogens (primary N) is 1. The molecule has 0 amide bonds. The standard InChI is InChI=1S/C7H9N3S/c1-5-4-10-6(2-8)3-9-7(10)11-5/h3-4H,2,8H2,1H3. The Morgan fingerprint density at radius 3 is 3.27 bits per heavy atom. The molecule has 0 spiro atoms. The quantitative estimate of drug-likeness (QED) is 0.692. The predicted molar refractivity (Wildman–Crippen MR) is 45.7 cm³/mol. The van der Waals surface area contributed by atoms with Gasteiger partial charge in [-0.15, -0.1) is 11.3 Å². The van der Waals surface area contributed by atoms with Crippen molar-refractivity contribution >= 4 is 16.3 Å². The van der Waals surface area contributed by atoms with Crippen molar-refractivity contribution in [3.63, 3.8) is 0 Å². The molecule has 0 aliphatic rings. The van der Waals surface area contributed by atoms with E-state index in [0.717, 1.165) is 10.7 Å². The van der Waals surface area contributed by atoms with Gasteiger partial charge < -0.3 is 5.73 Å². The molecule has 0 atom stereocenters. The smallest absolute Gasteiger partial charge is 0.194 e. The summed E-state index contributed by atoms with van der Waals surface area (Å²) >= 11 is 1.68. The summed E-state index contributed by atoms with van der Waals surface area (Å²) in [5, 5.41) is 0. The van der Waals surface area contributed by atoms with Gasteiger partial charge in [-0.3, -0.25) is 4.40 Å². The zero-order valence-electron chi connectivity index (χ0n) is 6.24. The van der Waals surface area contributed by atoms with Crippen LogP contribution in [0.1, 0.15) is 10.6 Å². The minimum absolute atomic E-state index is 0.553. The average molecular weight is 167 g/mol. The van der Waals surface area contributed by atoms with Crippen molar-refractivity contribution < 1.29 is 0 Å². The molecule has 0 saturated heterocycles.